The number of ether oxygens (including phenoxy) is 1. The molecule has 0 saturated carbocycles. The van der Waals surface area contributed by atoms with E-state index in [1.807, 2.05) is 6.92 Å². The smallest absolute Gasteiger partial charge is 0.330 e. The molecule has 1 aromatic rings. The topological polar surface area (TPSA) is 38.3 Å². The van der Waals surface area contributed by atoms with Crippen LogP contribution in [0.5, 0.6) is 0 Å². The van der Waals surface area contributed by atoms with Crippen molar-refractivity contribution in [2.24, 2.45) is 0 Å². The van der Waals surface area contributed by atoms with Gasteiger partial charge < -0.3 is 4.74 Å². The van der Waals surface area contributed by atoms with Gasteiger partial charge in [-0.05, 0) is 44.5 Å². The summed E-state index contributed by atoms with van der Waals surface area (Å²) >= 11 is 0. The Morgan fingerprint density at radius 1 is 1.37 bits per heavy atom. The molecule has 0 aliphatic carbocycles. The predicted octanol–water partition coefficient (Wildman–Crippen LogP) is 2.66. The molecule has 0 amide bonds. The van der Waals surface area contributed by atoms with Crippen molar-refractivity contribution >= 4 is 5.97 Å². The fourth-order valence-electron chi connectivity index (χ4n) is 1.89. The highest BCUT2D eigenvalue weighted by molar-refractivity contribution is 5.82. The van der Waals surface area contributed by atoms with E-state index in [-0.39, 0.29) is 11.1 Å². The summed E-state index contributed by atoms with van der Waals surface area (Å²) in [5.74, 6) is -1.83. The Morgan fingerprint density at radius 2 is 2.00 bits per heavy atom. The van der Waals surface area contributed by atoms with Gasteiger partial charge in [0, 0.05) is 5.56 Å². The van der Waals surface area contributed by atoms with Gasteiger partial charge in [0.2, 0.25) is 0 Å². The molecular formula is C14H19F2NO2. The van der Waals surface area contributed by atoms with E-state index in [1.165, 1.54) is 21.0 Å². The van der Waals surface area contributed by atoms with Crippen LogP contribution in [0.1, 0.15) is 31.4 Å². The first-order valence-electron chi connectivity index (χ1n) is 6.16. The minimum Gasteiger partial charge on any atom is -0.467 e. The molecule has 1 rings (SSSR count). The van der Waals surface area contributed by atoms with E-state index in [4.69, 9.17) is 4.74 Å². The first-order valence-corrected chi connectivity index (χ1v) is 6.16. The van der Waals surface area contributed by atoms with Crippen LogP contribution in [-0.4, -0.2) is 19.6 Å². The maximum absolute atomic E-state index is 14.0. The van der Waals surface area contributed by atoms with Gasteiger partial charge in [-0.25, -0.2) is 13.6 Å². The van der Waals surface area contributed by atoms with Crippen molar-refractivity contribution in [3.63, 3.8) is 0 Å². The highest BCUT2D eigenvalue weighted by atomic mass is 19.1. The molecule has 1 N–H and O–H groups in total. The fourth-order valence-corrected chi connectivity index (χ4v) is 1.89. The van der Waals surface area contributed by atoms with E-state index in [2.05, 4.69) is 5.32 Å². The quantitative estimate of drug-likeness (QED) is 0.837. The van der Waals surface area contributed by atoms with Crippen LogP contribution in [0, 0.1) is 18.6 Å². The summed E-state index contributed by atoms with van der Waals surface area (Å²) in [7, 11) is 1.22. The van der Waals surface area contributed by atoms with Crippen LogP contribution < -0.4 is 5.32 Å². The largest absolute Gasteiger partial charge is 0.467 e. The minimum absolute atomic E-state index is 0.0455. The Morgan fingerprint density at radius 3 is 2.53 bits per heavy atom. The summed E-state index contributed by atoms with van der Waals surface area (Å²) in [5, 5.41) is 2.92. The zero-order valence-electron chi connectivity index (χ0n) is 11.6. The molecule has 1 atom stereocenters. The second-order valence-electron chi connectivity index (χ2n) is 4.62. The SMILES string of the molecule is CCCNC(C)(C(=O)OC)c1cc(F)c(C)cc1F. The number of esters is 1. The summed E-state index contributed by atoms with van der Waals surface area (Å²) in [6.45, 7) is 5.36. The Balaban J connectivity index is 3.32. The summed E-state index contributed by atoms with van der Waals surface area (Å²) < 4.78 is 32.4. The van der Waals surface area contributed by atoms with Gasteiger partial charge in [-0.3, -0.25) is 5.32 Å². The molecule has 0 bridgehead atoms. The Bertz CT molecular complexity index is 477. The van der Waals surface area contributed by atoms with Crippen molar-refractivity contribution in [1.82, 2.24) is 5.32 Å². The van der Waals surface area contributed by atoms with Gasteiger partial charge >= 0.3 is 5.97 Å². The molecule has 0 aliphatic heterocycles. The first-order chi connectivity index (χ1) is 8.86. The Hall–Kier alpha value is -1.49. The molecule has 19 heavy (non-hydrogen) atoms. The lowest BCUT2D eigenvalue weighted by Crippen LogP contribution is -2.48. The monoisotopic (exact) mass is 271 g/mol. The number of hydrogen-bond acceptors (Lipinski definition) is 3. The zero-order valence-corrected chi connectivity index (χ0v) is 11.6. The second kappa shape index (κ2) is 6.10. The van der Waals surface area contributed by atoms with Crippen LogP contribution in [0.15, 0.2) is 12.1 Å². The van der Waals surface area contributed by atoms with E-state index in [9.17, 15) is 13.6 Å². The summed E-state index contributed by atoms with van der Waals surface area (Å²) in [5.41, 5.74) is -1.25. The number of carbonyl (C=O) groups excluding carboxylic acids is 1. The number of carbonyl (C=O) groups is 1. The number of halogens is 2. The molecular weight excluding hydrogens is 252 g/mol. The van der Waals surface area contributed by atoms with Gasteiger partial charge in [-0.15, -0.1) is 0 Å². The van der Waals surface area contributed by atoms with Crippen LogP contribution in [0.25, 0.3) is 0 Å². The lowest BCUT2D eigenvalue weighted by Gasteiger charge is -2.29. The molecule has 3 nitrogen and oxygen atoms in total. The van der Waals surface area contributed by atoms with E-state index >= 15 is 0 Å². The average Bonchev–Trinajstić information content (AvgIpc) is 2.39. The minimum atomic E-state index is -1.40. The van der Waals surface area contributed by atoms with Crippen LogP contribution in [0.4, 0.5) is 8.78 Å². The van der Waals surface area contributed by atoms with Crippen LogP contribution >= 0.6 is 0 Å². The van der Waals surface area contributed by atoms with Crippen molar-refractivity contribution in [3.8, 4) is 0 Å². The Kier molecular flexibility index (Phi) is 5.00. The molecule has 0 spiro atoms. The lowest BCUT2D eigenvalue weighted by molar-refractivity contribution is -0.148. The number of methoxy groups -OCH3 is 1. The third-order valence-electron chi connectivity index (χ3n) is 3.11. The van der Waals surface area contributed by atoms with Gasteiger partial charge in [-0.2, -0.15) is 0 Å². The molecule has 106 valence electrons. The predicted molar refractivity (Wildman–Crippen MR) is 68.8 cm³/mol. The third-order valence-corrected chi connectivity index (χ3v) is 3.11. The number of benzene rings is 1. The molecule has 0 fully saturated rings. The van der Waals surface area contributed by atoms with Crippen molar-refractivity contribution in [2.45, 2.75) is 32.7 Å². The molecule has 0 aliphatic rings. The summed E-state index contributed by atoms with van der Waals surface area (Å²) in [4.78, 5) is 11.9. The lowest BCUT2D eigenvalue weighted by atomic mass is 9.90. The number of nitrogens with one attached hydrogen (secondary N) is 1. The normalized spacial score (nSPS) is 14.0. The number of hydrogen-bond donors (Lipinski definition) is 1. The van der Waals surface area contributed by atoms with Crippen molar-refractivity contribution in [3.05, 3.63) is 34.9 Å². The molecule has 0 saturated heterocycles. The van der Waals surface area contributed by atoms with Crippen LogP contribution in [-0.2, 0) is 15.1 Å². The van der Waals surface area contributed by atoms with Gasteiger partial charge in [0.15, 0.2) is 0 Å². The van der Waals surface area contributed by atoms with Gasteiger partial charge in [0.25, 0.3) is 0 Å². The van der Waals surface area contributed by atoms with Crippen LogP contribution in [0.2, 0.25) is 0 Å². The average molecular weight is 271 g/mol. The van der Waals surface area contributed by atoms with Gasteiger partial charge in [-0.1, -0.05) is 6.92 Å². The molecule has 0 heterocycles. The van der Waals surface area contributed by atoms with Gasteiger partial charge in [0.05, 0.1) is 7.11 Å². The summed E-state index contributed by atoms with van der Waals surface area (Å²) in [6.07, 6.45) is 0.753. The third kappa shape index (κ3) is 3.10. The second-order valence-corrected chi connectivity index (χ2v) is 4.62. The molecule has 1 aromatic carbocycles. The van der Waals surface area contributed by atoms with Gasteiger partial charge in [0.1, 0.15) is 17.2 Å². The standard InChI is InChI=1S/C14H19F2NO2/c1-5-6-17-14(3,13(18)19-4)10-8-11(15)9(2)7-12(10)16/h7-8,17H,5-6H2,1-4H3. The Labute approximate surface area is 112 Å². The molecule has 5 heteroatoms. The van der Waals surface area contributed by atoms with E-state index < -0.39 is 23.1 Å². The summed E-state index contributed by atoms with van der Waals surface area (Å²) in [6, 6.07) is 2.13. The number of rotatable bonds is 5. The van der Waals surface area contributed by atoms with E-state index in [0.717, 1.165) is 18.6 Å². The van der Waals surface area contributed by atoms with Crippen molar-refractivity contribution < 1.29 is 18.3 Å². The fraction of sp³-hybridized carbons (Fsp3) is 0.500. The zero-order chi connectivity index (χ0) is 14.6. The highest BCUT2D eigenvalue weighted by Crippen LogP contribution is 2.27. The van der Waals surface area contributed by atoms with Crippen molar-refractivity contribution in [1.29, 1.82) is 0 Å². The van der Waals surface area contributed by atoms with Crippen LogP contribution in [0.3, 0.4) is 0 Å². The highest BCUT2D eigenvalue weighted by Gasteiger charge is 2.38. The maximum Gasteiger partial charge on any atom is 0.330 e. The maximum atomic E-state index is 14.0. The first kappa shape index (κ1) is 15.6. The molecule has 1 unspecified atom stereocenters. The van der Waals surface area contributed by atoms with E-state index in [1.54, 1.807) is 0 Å². The van der Waals surface area contributed by atoms with E-state index in [0.29, 0.717) is 6.54 Å². The van der Waals surface area contributed by atoms with Crippen molar-refractivity contribution in [2.75, 3.05) is 13.7 Å². The molecule has 0 radical (unpaired) electrons. The molecule has 0 aromatic heterocycles. The number of aryl methyl sites for hydroxylation is 1.